The molecule has 1 unspecified atom stereocenters. The van der Waals surface area contributed by atoms with Crippen molar-refractivity contribution >= 4 is 11.6 Å². The highest BCUT2D eigenvalue weighted by atomic mass is 19.1. The highest BCUT2D eigenvalue weighted by molar-refractivity contribution is 5.95. The first-order valence-corrected chi connectivity index (χ1v) is 5.89. The second kappa shape index (κ2) is 4.84. The van der Waals surface area contributed by atoms with Crippen LogP contribution in [0.4, 0.5) is 10.1 Å². The van der Waals surface area contributed by atoms with Crippen molar-refractivity contribution in [3.05, 3.63) is 29.6 Å². The van der Waals surface area contributed by atoms with Crippen molar-refractivity contribution in [3.8, 4) is 0 Å². The lowest BCUT2D eigenvalue weighted by Crippen LogP contribution is -2.36. The van der Waals surface area contributed by atoms with Gasteiger partial charge in [0.15, 0.2) is 0 Å². The van der Waals surface area contributed by atoms with Gasteiger partial charge in [-0.2, -0.15) is 0 Å². The average molecular weight is 236 g/mol. The molecule has 92 valence electrons. The Kier molecular flexibility index (Phi) is 3.43. The van der Waals surface area contributed by atoms with Crippen LogP contribution in [0.2, 0.25) is 0 Å². The Morgan fingerprint density at radius 3 is 2.88 bits per heavy atom. The highest BCUT2D eigenvalue weighted by Gasteiger charge is 2.27. The fourth-order valence-corrected chi connectivity index (χ4v) is 1.81. The molecule has 0 aliphatic heterocycles. The van der Waals surface area contributed by atoms with Crippen molar-refractivity contribution in [2.75, 3.05) is 5.32 Å². The van der Waals surface area contributed by atoms with Gasteiger partial charge in [0.25, 0.3) is 0 Å². The van der Waals surface area contributed by atoms with Gasteiger partial charge in [0.05, 0.1) is 6.04 Å². The standard InChI is InChI=1S/C13H17FN2O/c1-8-6-10(14)4-5-12(8)16-13(17)11(15)7-9-2-3-9/h4-6,9,11H,2-3,7,15H2,1H3,(H,16,17). The molecule has 1 aromatic carbocycles. The van der Waals surface area contributed by atoms with E-state index in [1.165, 1.54) is 25.0 Å². The van der Waals surface area contributed by atoms with Gasteiger partial charge in [-0.3, -0.25) is 4.79 Å². The molecular weight excluding hydrogens is 219 g/mol. The molecule has 1 atom stereocenters. The van der Waals surface area contributed by atoms with Gasteiger partial charge in [0.1, 0.15) is 5.82 Å². The number of nitrogens with one attached hydrogen (secondary N) is 1. The quantitative estimate of drug-likeness (QED) is 0.842. The Bertz CT molecular complexity index is 429. The topological polar surface area (TPSA) is 55.1 Å². The summed E-state index contributed by atoms with van der Waals surface area (Å²) < 4.78 is 12.9. The normalized spacial score (nSPS) is 16.6. The Morgan fingerprint density at radius 2 is 2.29 bits per heavy atom. The average Bonchev–Trinajstić information content (AvgIpc) is 3.06. The van der Waals surface area contributed by atoms with Crippen molar-refractivity contribution in [1.82, 2.24) is 0 Å². The van der Waals surface area contributed by atoms with Crippen molar-refractivity contribution in [2.24, 2.45) is 11.7 Å². The third-order valence-electron chi connectivity index (χ3n) is 3.07. The van der Waals surface area contributed by atoms with E-state index < -0.39 is 6.04 Å². The molecule has 1 fully saturated rings. The zero-order valence-corrected chi connectivity index (χ0v) is 9.87. The zero-order valence-electron chi connectivity index (χ0n) is 9.87. The molecule has 0 heterocycles. The molecule has 2 rings (SSSR count). The van der Waals surface area contributed by atoms with Crippen LogP contribution in [0, 0.1) is 18.7 Å². The van der Waals surface area contributed by atoms with Crippen molar-refractivity contribution < 1.29 is 9.18 Å². The maximum absolute atomic E-state index is 12.9. The molecule has 1 aromatic rings. The molecule has 1 aliphatic carbocycles. The van der Waals surface area contributed by atoms with Gasteiger partial charge in [0.2, 0.25) is 5.91 Å². The molecule has 0 saturated heterocycles. The Morgan fingerprint density at radius 1 is 1.59 bits per heavy atom. The van der Waals surface area contributed by atoms with Crippen LogP contribution in [0.25, 0.3) is 0 Å². The van der Waals surface area contributed by atoms with E-state index in [4.69, 9.17) is 5.73 Å². The lowest BCUT2D eigenvalue weighted by Gasteiger charge is -2.13. The molecule has 0 bridgehead atoms. The third kappa shape index (κ3) is 3.27. The fourth-order valence-electron chi connectivity index (χ4n) is 1.81. The number of aryl methyl sites for hydroxylation is 1. The van der Waals surface area contributed by atoms with Crippen LogP contribution in [0.1, 0.15) is 24.8 Å². The predicted molar refractivity (Wildman–Crippen MR) is 65.1 cm³/mol. The molecule has 4 heteroatoms. The van der Waals surface area contributed by atoms with Crippen LogP contribution in [-0.2, 0) is 4.79 Å². The highest BCUT2D eigenvalue weighted by Crippen LogP contribution is 2.33. The fraction of sp³-hybridized carbons (Fsp3) is 0.462. The Balaban J connectivity index is 1.96. The summed E-state index contributed by atoms with van der Waals surface area (Å²) in [6, 6.07) is 3.82. The van der Waals surface area contributed by atoms with Gasteiger partial charge >= 0.3 is 0 Å². The number of nitrogens with two attached hydrogens (primary N) is 1. The molecule has 1 aliphatic rings. The number of carbonyl (C=O) groups is 1. The van der Waals surface area contributed by atoms with E-state index in [-0.39, 0.29) is 11.7 Å². The van der Waals surface area contributed by atoms with E-state index in [0.717, 1.165) is 6.42 Å². The molecular formula is C13H17FN2O. The molecule has 1 amide bonds. The van der Waals surface area contributed by atoms with Crippen LogP contribution < -0.4 is 11.1 Å². The number of amides is 1. The number of halogens is 1. The summed E-state index contributed by atoms with van der Waals surface area (Å²) in [5.41, 5.74) is 7.13. The molecule has 0 spiro atoms. The summed E-state index contributed by atoms with van der Waals surface area (Å²) in [5, 5.41) is 2.74. The Labute approximate surface area is 100 Å². The van der Waals surface area contributed by atoms with Crippen LogP contribution in [-0.4, -0.2) is 11.9 Å². The van der Waals surface area contributed by atoms with Crippen molar-refractivity contribution in [2.45, 2.75) is 32.2 Å². The van der Waals surface area contributed by atoms with Crippen LogP contribution in [0.3, 0.4) is 0 Å². The van der Waals surface area contributed by atoms with Gasteiger partial charge in [-0.05, 0) is 43.0 Å². The van der Waals surface area contributed by atoms with Crippen LogP contribution in [0.5, 0.6) is 0 Å². The van der Waals surface area contributed by atoms with E-state index in [1.807, 2.05) is 0 Å². The number of rotatable bonds is 4. The number of hydrogen-bond donors (Lipinski definition) is 2. The summed E-state index contributed by atoms with van der Waals surface area (Å²) in [5.74, 6) is 0.124. The minimum absolute atomic E-state index is 0.188. The summed E-state index contributed by atoms with van der Waals surface area (Å²) >= 11 is 0. The first-order valence-electron chi connectivity index (χ1n) is 5.89. The Hall–Kier alpha value is -1.42. The van der Waals surface area contributed by atoms with E-state index in [1.54, 1.807) is 13.0 Å². The van der Waals surface area contributed by atoms with Gasteiger partial charge in [-0.1, -0.05) is 12.8 Å². The maximum Gasteiger partial charge on any atom is 0.241 e. The van der Waals surface area contributed by atoms with Gasteiger partial charge in [-0.25, -0.2) is 4.39 Å². The zero-order chi connectivity index (χ0) is 12.4. The second-order valence-corrected chi connectivity index (χ2v) is 4.73. The van der Waals surface area contributed by atoms with E-state index in [2.05, 4.69) is 5.32 Å². The monoisotopic (exact) mass is 236 g/mol. The van der Waals surface area contributed by atoms with Crippen molar-refractivity contribution in [3.63, 3.8) is 0 Å². The predicted octanol–water partition coefficient (Wildman–Crippen LogP) is 2.20. The first kappa shape index (κ1) is 12.0. The number of anilines is 1. The third-order valence-corrected chi connectivity index (χ3v) is 3.07. The lowest BCUT2D eigenvalue weighted by molar-refractivity contribution is -0.117. The lowest BCUT2D eigenvalue weighted by atomic mass is 10.1. The molecule has 0 aromatic heterocycles. The van der Waals surface area contributed by atoms with E-state index in [0.29, 0.717) is 17.2 Å². The summed E-state index contributed by atoms with van der Waals surface area (Å²) in [4.78, 5) is 11.8. The SMILES string of the molecule is Cc1cc(F)ccc1NC(=O)C(N)CC1CC1. The first-order chi connectivity index (χ1) is 8.06. The smallest absolute Gasteiger partial charge is 0.241 e. The van der Waals surface area contributed by atoms with Crippen molar-refractivity contribution in [1.29, 1.82) is 0 Å². The molecule has 3 N–H and O–H groups in total. The molecule has 0 radical (unpaired) electrons. The van der Waals surface area contributed by atoms with Gasteiger partial charge < -0.3 is 11.1 Å². The maximum atomic E-state index is 12.9. The van der Waals surface area contributed by atoms with E-state index >= 15 is 0 Å². The van der Waals surface area contributed by atoms with Crippen LogP contribution in [0.15, 0.2) is 18.2 Å². The number of carbonyl (C=O) groups excluding carboxylic acids is 1. The minimum atomic E-state index is -0.466. The largest absolute Gasteiger partial charge is 0.324 e. The second-order valence-electron chi connectivity index (χ2n) is 4.73. The molecule has 1 saturated carbocycles. The van der Waals surface area contributed by atoms with E-state index in [9.17, 15) is 9.18 Å². The summed E-state index contributed by atoms with van der Waals surface area (Å²) in [6.07, 6.45) is 3.10. The molecule has 17 heavy (non-hydrogen) atoms. The number of hydrogen-bond acceptors (Lipinski definition) is 2. The van der Waals surface area contributed by atoms with Gasteiger partial charge in [0, 0.05) is 5.69 Å². The molecule has 3 nitrogen and oxygen atoms in total. The van der Waals surface area contributed by atoms with Gasteiger partial charge in [-0.15, -0.1) is 0 Å². The van der Waals surface area contributed by atoms with Crippen LogP contribution >= 0.6 is 0 Å². The summed E-state index contributed by atoms with van der Waals surface area (Å²) in [7, 11) is 0. The summed E-state index contributed by atoms with van der Waals surface area (Å²) in [6.45, 7) is 1.76. The number of benzene rings is 1. The minimum Gasteiger partial charge on any atom is -0.324 e.